The molecular formula is C15H14BrFN2O. The second-order valence-electron chi connectivity index (χ2n) is 5.42. The van der Waals surface area contributed by atoms with Gasteiger partial charge in [0, 0.05) is 29.5 Å². The van der Waals surface area contributed by atoms with Crippen molar-refractivity contribution >= 4 is 32.5 Å². The molecule has 1 aromatic heterocycles. The molecule has 0 spiro atoms. The highest BCUT2D eigenvalue weighted by Gasteiger charge is 2.26. The molecule has 1 N–H and O–H groups in total. The van der Waals surface area contributed by atoms with Crippen molar-refractivity contribution in [2.45, 2.75) is 31.9 Å². The van der Waals surface area contributed by atoms with Gasteiger partial charge < -0.3 is 10.1 Å². The van der Waals surface area contributed by atoms with Crippen LogP contribution in [-0.4, -0.2) is 17.6 Å². The minimum Gasteiger partial charge on any atom is -0.381 e. The largest absolute Gasteiger partial charge is 0.381 e. The first kappa shape index (κ1) is 12.5. The van der Waals surface area contributed by atoms with Gasteiger partial charge in [-0.3, -0.25) is 4.98 Å². The molecule has 0 unspecified atom stereocenters. The topological polar surface area (TPSA) is 34.2 Å². The third-order valence-electron chi connectivity index (χ3n) is 3.87. The van der Waals surface area contributed by atoms with Crippen LogP contribution in [-0.2, 0) is 17.8 Å². The van der Waals surface area contributed by atoms with Gasteiger partial charge in [-0.05, 0) is 34.8 Å². The molecule has 0 radical (unpaired) electrons. The van der Waals surface area contributed by atoms with Crippen molar-refractivity contribution in [1.29, 1.82) is 0 Å². The van der Waals surface area contributed by atoms with Gasteiger partial charge in [0.25, 0.3) is 0 Å². The molecule has 1 aliphatic carbocycles. The van der Waals surface area contributed by atoms with Gasteiger partial charge >= 0.3 is 0 Å². The quantitative estimate of drug-likeness (QED) is 0.906. The van der Waals surface area contributed by atoms with Crippen LogP contribution in [0.15, 0.2) is 16.6 Å². The molecule has 2 aliphatic rings. The number of hydrogen-bond acceptors (Lipinski definition) is 3. The van der Waals surface area contributed by atoms with Crippen molar-refractivity contribution in [3.05, 3.63) is 33.7 Å². The molecule has 0 amide bonds. The Morgan fingerprint density at radius 3 is 3.00 bits per heavy atom. The number of hydrogen-bond donors (Lipinski definition) is 1. The van der Waals surface area contributed by atoms with Crippen LogP contribution in [0, 0.1) is 5.82 Å². The molecule has 1 aromatic carbocycles. The van der Waals surface area contributed by atoms with Crippen LogP contribution in [0.25, 0.3) is 10.9 Å². The lowest BCUT2D eigenvalue weighted by Crippen LogP contribution is -2.16. The molecular weight excluding hydrogens is 323 g/mol. The van der Waals surface area contributed by atoms with Gasteiger partial charge in [0.2, 0.25) is 0 Å². The highest BCUT2D eigenvalue weighted by atomic mass is 79.9. The van der Waals surface area contributed by atoms with E-state index in [1.54, 1.807) is 0 Å². The van der Waals surface area contributed by atoms with Gasteiger partial charge in [0.05, 0.1) is 34.6 Å². The second kappa shape index (κ2) is 4.67. The van der Waals surface area contributed by atoms with Gasteiger partial charge in [0.1, 0.15) is 5.82 Å². The van der Waals surface area contributed by atoms with E-state index in [9.17, 15) is 4.39 Å². The van der Waals surface area contributed by atoms with Crippen molar-refractivity contribution in [3.8, 4) is 0 Å². The number of rotatable bonds is 2. The number of nitrogens with one attached hydrogen (secondary N) is 1. The Kier molecular flexibility index (Phi) is 2.93. The fourth-order valence-corrected chi connectivity index (χ4v) is 2.99. The molecule has 5 heteroatoms. The van der Waals surface area contributed by atoms with Crippen LogP contribution >= 0.6 is 15.9 Å². The van der Waals surface area contributed by atoms with Gasteiger partial charge in [-0.25, -0.2) is 4.39 Å². The average molecular weight is 337 g/mol. The van der Waals surface area contributed by atoms with Crippen LogP contribution in [0.5, 0.6) is 0 Å². The summed E-state index contributed by atoms with van der Waals surface area (Å²) in [6.07, 6.45) is 3.19. The molecule has 3 nitrogen and oxygen atoms in total. The number of halogens is 2. The summed E-state index contributed by atoms with van der Waals surface area (Å²) in [6, 6.07) is 3.86. The summed E-state index contributed by atoms with van der Waals surface area (Å²) in [5, 5.41) is 4.54. The first-order chi connectivity index (χ1) is 9.72. The molecule has 4 rings (SSSR count). The molecule has 104 valence electrons. The zero-order valence-electron chi connectivity index (χ0n) is 10.9. The van der Waals surface area contributed by atoms with Crippen molar-refractivity contribution in [3.63, 3.8) is 0 Å². The molecule has 20 heavy (non-hydrogen) atoms. The molecule has 1 saturated carbocycles. The molecule has 1 aliphatic heterocycles. The smallest absolute Gasteiger partial charge is 0.139 e. The Balaban J connectivity index is 1.98. The monoisotopic (exact) mass is 336 g/mol. The first-order valence-corrected chi connectivity index (χ1v) is 7.66. The summed E-state index contributed by atoms with van der Waals surface area (Å²) in [7, 11) is 0. The van der Waals surface area contributed by atoms with E-state index in [0.29, 0.717) is 23.7 Å². The molecule has 1 fully saturated rings. The lowest BCUT2D eigenvalue weighted by atomic mass is 10.0. The Morgan fingerprint density at radius 2 is 2.20 bits per heavy atom. The number of fused-ring (bicyclic) bond motifs is 2. The van der Waals surface area contributed by atoms with Crippen LogP contribution in [0.1, 0.15) is 24.1 Å². The summed E-state index contributed by atoms with van der Waals surface area (Å²) < 4.78 is 19.8. The van der Waals surface area contributed by atoms with E-state index in [-0.39, 0.29) is 5.82 Å². The zero-order chi connectivity index (χ0) is 13.7. The van der Waals surface area contributed by atoms with E-state index in [1.165, 1.54) is 18.9 Å². The van der Waals surface area contributed by atoms with Crippen molar-refractivity contribution in [2.24, 2.45) is 0 Å². The molecule has 0 saturated heterocycles. The SMILES string of the molecule is Fc1cc2nc3c(c(NC4CC4)c2cc1Br)COCC3. The van der Waals surface area contributed by atoms with E-state index in [1.807, 2.05) is 6.07 Å². The number of nitrogens with zero attached hydrogens (tertiary/aromatic N) is 1. The number of ether oxygens (including phenoxy) is 1. The minimum absolute atomic E-state index is 0.269. The zero-order valence-corrected chi connectivity index (χ0v) is 12.5. The molecule has 0 atom stereocenters. The van der Waals surface area contributed by atoms with Crippen LogP contribution in [0.2, 0.25) is 0 Å². The third-order valence-corrected chi connectivity index (χ3v) is 4.48. The van der Waals surface area contributed by atoms with Crippen molar-refractivity contribution in [1.82, 2.24) is 4.98 Å². The third kappa shape index (κ3) is 2.09. The maximum Gasteiger partial charge on any atom is 0.139 e. The summed E-state index contributed by atoms with van der Waals surface area (Å²) in [6.45, 7) is 1.27. The maximum atomic E-state index is 13.8. The Labute approximate surface area is 124 Å². The lowest BCUT2D eigenvalue weighted by molar-refractivity contribution is 0.110. The predicted octanol–water partition coefficient (Wildman–Crippen LogP) is 3.78. The van der Waals surface area contributed by atoms with E-state index in [0.717, 1.165) is 34.3 Å². The number of anilines is 1. The Hall–Kier alpha value is -1.20. The highest BCUT2D eigenvalue weighted by molar-refractivity contribution is 9.10. The van der Waals surface area contributed by atoms with Gasteiger partial charge in [-0.2, -0.15) is 0 Å². The second-order valence-corrected chi connectivity index (χ2v) is 6.27. The van der Waals surface area contributed by atoms with Gasteiger partial charge in [0.15, 0.2) is 0 Å². The van der Waals surface area contributed by atoms with Crippen LogP contribution in [0.4, 0.5) is 10.1 Å². The number of pyridine rings is 1. The van der Waals surface area contributed by atoms with Crippen molar-refractivity contribution < 1.29 is 9.13 Å². The standard InChI is InChI=1S/C15H14BrFN2O/c16-11-5-9-14(6-12(11)17)19-13-3-4-20-7-10(13)15(9)18-8-1-2-8/h5-6,8H,1-4,7H2,(H,18,19). The molecule has 2 aromatic rings. The summed E-state index contributed by atoms with van der Waals surface area (Å²) in [5.41, 5.74) is 3.96. The van der Waals surface area contributed by atoms with Crippen LogP contribution < -0.4 is 5.32 Å². The average Bonchev–Trinajstić information content (AvgIpc) is 3.25. The lowest BCUT2D eigenvalue weighted by Gasteiger charge is -2.22. The summed E-state index contributed by atoms with van der Waals surface area (Å²) in [5.74, 6) is -0.269. The number of aromatic nitrogens is 1. The fraction of sp³-hybridized carbons (Fsp3) is 0.400. The van der Waals surface area contributed by atoms with Crippen molar-refractivity contribution in [2.75, 3.05) is 11.9 Å². The maximum absolute atomic E-state index is 13.8. The van der Waals surface area contributed by atoms with Gasteiger partial charge in [-0.1, -0.05) is 0 Å². The van der Waals surface area contributed by atoms with Crippen LogP contribution in [0.3, 0.4) is 0 Å². The Morgan fingerprint density at radius 1 is 1.35 bits per heavy atom. The minimum atomic E-state index is -0.269. The highest BCUT2D eigenvalue weighted by Crippen LogP contribution is 2.37. The fourth-order valence-electron chi connectivity index (χ4n) is 2.65. The van der Waals surface area contributed by atoms with Gasteiger partial charge in [-0.15, -0.1) is 0 Å². The Bertz CT molecular complexity index is 700. The normalized spacial score (nSPS) is 18.1. The van der Waals surface area contributed by atoms with E-state index >= 15 is 0 Å². The molecule has 2 heterocycles. The summed E-state index contributed by atoms with van der Waals surface area (Å²) >= 11 is 3.27. The van der Waals surface area contributed by atoms with E-state index in [4.69, 9.17) is 4.74 Å². The first-order valence-electron chi connectivity index (χ1n) is 6.87. The van der Waals surface area contributed by atoms with E-state index < -0.39 is 0 Å². The molecule has 0 bridgehead atoms. The predicted molar refractivity (Wildman–Crippen MR) is 79.4 cm³/mol. The van der Waals surface area contributed by atoms with E-state index in [2.05, 4.69) is 26.2 Å². The summed E-state index contributed by atoms with van der Waals surface area (Å²) in [4.78, 5) is 4.63. The number of benzene rings is 1.